The molecule has 3 aromatic rings. The number of aromatic nitrogens is 4. The number of anilines is 1. The zero-order valence-corrected chi connectivity index (χ0v) is 22.7. The van der Waals surface area contributed by atoms with Gasteiger partial charge in [0.15, 0.2) is 11.5 Å². The van der Waals surface area contributed by atoms with Gasteiger partial charge >= 0.3 is 11.7 Å². The maximum atomic E-state index is 12.9. The highest BCUT2D eigenvalue weighted by Crippen LogP contribution is 2.20. The van der Waals surface area contributed by atoms with E-state index in [-0.39, 0.29) is 43.2 Å². The van der Waals surface area contributed by atoms with Crippen LogP contribution >= 0.6 is 0 Å². The predicted octanol–water partition coefficient (Wildman–Crippen LogP) is 1.85. The summed E-state index contributed by atoms with van der Waals surface area (Å²) in [7, 11) is 1.56. The van der Waals surface area contributed by atoms with E-state index in [1.807, 2.05) is 27.7 Å². The molecule has 0 aliphatic rings. The molecule has 12 heteroatoms. The van der Waals surface area contributed by atoms with Gasteiger partial charge in [0.1, 0.15) is 12.1 Å². The molecule has 1 amide bonds. The van der Waals surface area contributed by atoms with Crippen molar-refractivity contribution >= 4 is 22.9 Å². The summed E-state index contributed by atoms with van der Waals surface area (Å²) >= 11 is 0. The van der Waals surface area contributed by atoms with Crippen LogP contribution in [-0.2, 0) is 16.0 Å². The second-order valence-corrected chi connectivity index (χ2v) is 10.3. The third kappa shape index (κ3) is 7.76. The smallest absolute Gasteiger partial charge is 0.328 e. The van der Waals surface area contributed by atoms with Crippen molar-refractivity contribution in [3.05, 3.63) is 45.9 Å². The van der Waals surface area contributed by atoms with E-state index in [2.05, 4.69) is 20.3 Å². The Balaban J connectivity index is 1.66. The molecule has 0 bridgehead atoms. The molecule has 2 heterocycles. The number of nitrogen functional groups attached to an aromatic ring is 1. The van der Waals surface area contributed by atoms with Crippen molar-refractivity contribution in [2.45, 2.75) is 58.2 Å². The predicted molar refractivity (Wildman–Crippen MR) is 143 cm³/mol. The number of benzene rings is 1. The van der Waals surface area contributed by atoms with E-state index in [0.717, 1.165) is 5.56 Å². The summed E-state index contributed by atoms with van der Waals surface area (Å²) < 4.78 is 17.7. The number of rotatable bonds is 14. The van der Waals surface area contributed by atoms with Crippen molar-refractivity contribution < 1.29 is 24.1 Å². The lowest BCUT2D eigenvalue weighted by Gasteiger charge is -2.30. The van der Waals surface area contributed by atoms with E-state index < -0.39 is 11.1 Å². The van der Waals surface area contributed by atoms with Crippen LogP contribution in [0.15, 0.2) is 29.1 Å². The zero-order valence-electron chi connectivity index (χ0n) is 22.7. The molecule has 38 heavy (non-hydrogen) atoms. The zero-order chi connectivity index (χ0) is 27.9. The summed E-state index contributed by atoms with van der Waals surface area (Å²) in [5.74, 6) is -0.103. The fraction of sp³-hybridized carbons (Fsp3) is 0.538. The summed E-state index contributed by atoms with van der Waals surface area (Å²) in [6.45, 7) is 9.05. The lowest BCUT2D eigenvalue weighted by atomic mass is 9.99. The van der Waals surface area contributed by atoms with Gasteiger partial charge in [0.2, 0.25) is 0 Å². The highest BCUT2D eigenvalue weighted by Gasteiger charge is 2.24. The average Bonchev–Trinajstić information content (AvgIpc) is 3.14. The number of carbonyl (C=O) groups excluding carboxylic acids is 1. The van der Waals surface area contributed by atoms with Crippen LogP contribution in [-0.4, -0.2) is 75.2 Å². The van der Waals surface area contributed by atoms with Gasteiger partial charge < -0.3 is 35.4 Å². The molecule has 0 aliphatic heterocycles. The number of imidazole rings is 1. The Labute approximate surface area is 221 Å². The second kappa shape index (κ2) is 12.4. The minimum Gasteiger partial charge on any atom is -0.461 e. The molecule has 0 saturated carbocycles. The monoisotopic (exact) mass is 530 g/mol. The van der Waals surface area contributed by atoms with Crippen LogP contribution in [0, 0.1) is 0 Å². The molecule has 12 nitrogen and oxygen atoms in total. The number of ether oxygens (including phenoxy) is 3. The first-order valence-electron chi connectivity index (χ1n) is 12.5. The lowest BCUT2D eigenvalue weighted by molar-refractivity contribution is -0.0388. The average molecular weight is 531 g/mol. The number of nitrogens with one attached hydrogen (secondary N) is 2. The SMILES string of the molecule is COCCOc1nc(N)c2[nH]c(=O)n(Cc3ccc(C(=O)NC(C)(C)CCOC(C)(C)CCO)cc3)c2n1. The highest BCUT2D eigenvalue weighted by molar-refractivity contribution is 5.94. The van der Waals surface area contributed by atoms with Gasteiger partial charge in [-0.2, -0.15) is 9.97 Å². The molecule has 0 saturated heterocycles. The molecule has 5 N–H and O–H groups in total. The van der Waals surface area contributed by atoms with Crippen molar-refractivity contribution in [3.63, 3.8) is 0 Å². The Kier molecular flexibility index (Phi) is 9.47. The largest absolute Gasteiger partial charge is 0.461 e. The van der Waals surface area contributed by atoms with Gasteiger partial charge in [-0.05, 0) is 58.2 Å². The van der Waals surface area contributed by atoms with E-state index in [4.69, 9.17) is 25.1 Å². The van der Waals surface area contributed by atoms with E-state index in [0.29, 0.717) is 42.8 Å². The molecule has 0 unspecified atom stereocenters. The minimum atomic E-state index is -0.495. The van der Waals surface area contributed by atoms with E-state index in [9.17, 15) is 9.59 Å². The van der Waals surface area contributed by atoms with Crippen LogP contribution in [0.25, 0.3) is 11.2 Å². The minimum absolute atomic E-state index is 0.0526. The number of H-pyrrole nitrogens is 1. The molecular weight excluding hydrogens is 492 g/mol. The Hall–Kier alpha value is -3.48. The van der Waals surface area contributed by atoms with Crippen LogP contribution in [0.2, 0.25) is 0 Å². The highest BCUT2D eigenvalue weighted by atomic mass is 16.5. The van der Waals surface area contributed by atoms with Crippen LogP contribution in [0.3, 0.4) is 0 Å². The first kappa shape index (κ1) is 29.1. The molecule has 0 aliphatic carbocycles. The second-order valence-electron chi connectivity index (χ2n) is 10.3. The van der Waals surface area contributed by atoms with E-state index in [1.54, 1.807) is 31.4 Å². The number of nitrogens with two attached hydrogens (primary N) is 1. The maximum absolute atomic E-state index is 12.9. The van der Waals surface area contributed by atoms with Gasteiger partial charge in [-0.3, -0.25) is 9.36 Å². The van der Waals surface area contributed by atoms with Crippen LogP contribution in [0.1, 0.15) is 56.5 Å². The normalized spacial score (nSPS) is 12.2. The number of hydrogen-bond donors (Lipinski definition) is 4. The van der Waals surface area contributed by atoms with Crippen molar-refractivity contribution in [1.29, 1.82) is 0 Å². The number of aliphatic hydroxyl groups is 1. The number of aliphatic hydroxyl groups excluding tert-OH is 1. The number of amides is 1. The number of methoxy groups -OCH3 is 1. The van der Waals surface area contributed by atoms with Crippen molar-refractivity contribution in [3.8, 4) is 6.01 Å². The van der Waals surface area contributed by atoms with Gasteiger partial charge in [-0.15, -0.1) is 0 Å². The van der Waals surface area contributed by atoms with E-state index in [1.165, 1.54) is 4.57 Å². The number of carbonyl (C=O) groups is 1. The number of aromatic amines is 1. The van der Waals surface area contributed by atoms with Gasteiger partial charge in [0.05, 0.1) is 18.8 Å². The molecule has 0 spiro atoms. The molecule has 3 rings (SSSR count). The summed E-state index contributed by atoms with van der Waals surface area (Å²) in [6.07, 6.45) is 1.15. The number of hydrogen-bond acceptors (Lipinski definition) is 9. The maximum Gasteiger partial charge on any atom is 0.328 e. The Morgan fingerprint density at radius 2 is 1.82 bits per heavy atom. The summed E-state index contributed by atoms with van der Waals surface area (Å²) in [5.41, 5.74) is 6.63. The standard InChI is InChI=1S/C26H38N6O6/c1-25(2,11-13-38-26(3,4)10-12-33)31-22(34)18-8-6-17(7-9-18)16-32-21-19(28-24(32)35)20(27)29-23(30-21)37-15-14-36-5/h6-9,33H,10-16H2,1-5H3,(H,28,35)(H,31,34)(H2,27,29,30). The Morgan fingerprint density at radius 1 is 1.11 bits per heavy atom. The summed E-state index contributed by atoms with van der Waals surface area (Å²) in [6, 6.07) is 7.05. The first-order chi connectivity index (χ1) is 17.9. The molecule has 0 atom stereocenters. The molecular formula is C26H38N6O6. The van der Waals surface area contributed by atoms with Crippen molar-refractivity contribution in [2.75, 3.05) is 39.3 Å². The fourth-order valence-electron chi connectivity index (χ4n) is 3.77. The first-order valence-corrected chi connectivity index (χ1v) is 12.5. The molecule has 2 aromatic heterocycles. The molecule has 208 valence electrons. The quantitative estimate of drug-likeness (QED) is 0.227. The molecule has 0 fully saturated rings. The van der Waals surface area contributed by atoms with Gasteiger partial charge in [-0.1, -0.05) is 12.1 Å². The summed E-state index contributed by atoms with van der Waals surface area (Å²) in [4.78, 5) is 36.6. The molecule has 0 radical (unpaired) electrons. The Morgan fingerprint density at radius 3 is 2.47 bits per heavy atom. The topological polar surface area (TPSA) is 167 Å². The van der Waals surface area contributed by atoms with Crippen molar-refractivity contribution in [1.82, 2.24) is 24.8 Å². The Bertz CT molecular complexity index is 1280. The van der Waals surface area contributed by atoms with Crippen LogP contribution < -0.4 is 21.5 Å². The van der Waals surface area contributed by atoms with Gasteiger partial charge in [0.25, 0.3) is 5.91 Å². The van der Waals surface area contributed by atoms with Gasteiger partial charge in [0, 0.05) is 31.4 Å². The summed E-state index contributed by atoms with van der Waals surface area (Å²) in [5, 5.41) is 12.2. The fourth-order valence-corrected chi connectivity index (χ4v) is 3.77. The lowest BCUT2D eigenvalue weighted by Crippen LogP contribution is -2.44. The third-order valence-corrected chi connectivity index (χ3v) is 6.09. The number of fused-ring (bicyclic) bond motifs is 1. The van der Waals surface area contributed by atoms with Crippen LogP contribution in [0.5, 0.6) is 6.01 Å². The molecule has 1 aromatic carbocycles. The van der Waals surface area contributed by atoms with Crippen LogP contribution in [0.4, 0.5) is 5.82 Å². The van der Waals surface area contributed by atoms with Gasteiger partial charge in [-0.25, -0.2) is 4.79 Å². The number of nitrogens with zero attached hydrogens (tertiary/aromatic N) is 3. The van der Waals surface area contributed by atoms with Crippen molar-refractivity contribution in [2.24, 2.45) is 0 Å². The third-order valence-electron chi connectivity index (χ3n) is 6.09. The van der Waals surface area contributed by atoms with E-state index >= 15 is 0 Å².